The minimum atomic E-state index is 0.563. The Hall–Kier alpha value is -0.410. The van der Waals surface area contributed by atoms with Crippen molar-refractivity contribution in [3.05, 3.63) is 16.6 Å². The van der Waals surface area contributed by atoms with Gasteiger partial charge in [-0.05, 0) is 31.2 Å². The Labute approximate surface area is 89.8 Å². The smallest absolute Gasteiger partial charge is 0.0930 e. The van der Waals surface area contributed by atoms with Gasteiger partial charge in [0.2, 0.25) is 0 Å². The molecule has 0 radical (unpaired) electrons. The fraction of sp³-hybridized carbons (Fsp3) is 0.727. The topological polar surface area (TPSA) is 24.9 Å². The molecule has 3 heteroatoms. The summed E-state index contributed by atoms with van der Waals surface area (Å²) >= 11 is 1.79. The molecular weight excluding hydrogens is 192 g/mol. The molecule has 0 bridgehead atoms. The van der Waals surface area contributed by atoms with Gasteiger partial charge in [-0.15, -0.1) is 11.3 Å². The third-order valence-electron chi connectivity index (χ3n) is 2.89. The number of hydrogen-bond donors (Lipinski definition) is 1. The summed E-state index contributed by atoms with van der Waals surface area (Å²) in [6.07, 6.45) is 7.08. The van der Waals surface area contributed by atoms with Crippen molar-refractivity contribution in [3.8, 4) is 0 Å². The van der Waals surface area contributed by atoms with E-state index in [9.17, 15) is 0 Å². The van der Waals surface area contributed by atoms with Crippen molar-refractivity contribution < 1.29 is 0 Å². The molecule has 2 rings (SSSR count). The Bertz CT molecular complexity index is 265. The first-order valence-corrected chi connectivity index (χ1v) is 6.32. The molecule has 14 heavy (non-hydrogen) atoms. The maximum Gasteiger partial charge on any atom is 0.0930 e. The van der Waals surface area contributed by atoms with Gasteiger partial charge in [-0.2, -0.15) is 0 Å². The second kappa shape index (κ2) is 4.41. The van der Waals surface area contributed by atoms with Crippen LogP contribution in [-0.4, -0.2) is 18.1 Å². The maximum atomic E-state index is 4.36. The second-order valence-corrected chi connectivity index (χ2v) is 5.26. The average Bonchev–Trinajstić information content (AvgIpc) is 2.75. The predicted molar refractivity (Wildman–Crippen MR) is 60.6 cm³/mol. The quantitative estimate of drug-likeness (QED) is 0.730. The number of nitrogens with one attached hydrogen (secondary N) is 1. The molecule has 1 N–H and O–H groups in total. The molecule has 0 unspecified atom stereocenters. The van der Waals surface area contributed by atoms with Crippen LogP contribution in [0.4, 0.5) is 0 Å². The molecule has 1 aliphatic rings. The van der Waals surface area contributed by atoms with Crippen molar-refractivity contribution in [2.75, 3.05) is 13.1 Å². The van der Waals surface area contributed by atoms with Crippen molar-refractivity contribution in [1.29, 1.82) is 0 Å². The summed E-state index contributed by atoms with van der Waals surface area (Å²) in [6.45, 7) is 4.55. The van der Waals surface area contributed by atoms with Gasteiger partial charge in [0.1, 0.15) is 0 Å². The zero-order valence-electron chi connectivity index (χ0n) is 8.75. The lowest BCUT2D eigenvalue weighted by Crippen LogP contribution is -2.26. The average molecular weight is 210 g/mol. The van der Waals surface area contributed by atoms with Crippen molar-refractivity contribution >= 4 is 11.3 Å². The summed E-state index contributed by atoms with van der Waals surface area (Å²) < 4.78 is 0. The zero-order valence-corrected chi connectivity index (χ0v) is 9.57. The lowest BCUT2D eigenvalue weighted by Gasteiger charge is -2.13. The van der Waals surface area contributed by atoms with E-state index in [1.165, 1.54) is 37.2 Å². The largest absolute Gasteiger partial charge is 0.316 e. The minimum Gasteiger partial charge on any atom is -0.316 e. The van der Waals surface area contributed by atoms with E-state index in [1.54, 1.807) is 11.3 Å². The molecule has 0 spiro atoms. The van der Waals surface area contributed by atoms with Crippen LogP contribution < -0.4 is 5.32 Å². The Morgan fingerprint density at radius 1 is 1.57 bits per heavy atom. The standard InChI is InChI=1S/C11H18N2S/c1-2-5-12-9-11(3-4-11)8-10-13-6-7-14-10/h6-7,12H,2-5,8-9H2,1H3. The van der Waals surface area contributed by atoms with Crippen molar-refractivity contribution in [3.63, 3.8) is 0 Å². The monoisotopic (exact) mass is 210 g/mol. The van der Waals surface area contributed by atoms with E-state index in [-0.39, 0.29) is 0 Å². The molecule has 1 heterocycles. The van der Waals surface area contributed by atoms with Gasteiger partial charge in [0.15, 0.2) is 0 Å². The molecule has 1 fully saturated rings. The molecule has 0 saturated heterocycles. The molecule has 2 nitrogen and oxygen atoms in total. The van der Waals surface area contributed by atoms with Crippen LogP contribution in [0.3, 0.4) is 0 Å². The van der Waals surface area contributed by atoms with Crippen LogP contribution in [0, 0.1) is 5.41 Å². The van der Waals surface area contributed by atoms with Gasteiger partial charge in [0.05, 0.1) is 5.01 Å². The second-order valence-electron chi connectivity index (χ2n) is 4.28. The number of rotatable bonds is 6. The first-order chi connectivity index (χ1) is 6.85. The summed E-state index contributed by atoms with van der Waals surface area (Å²) in [6, 6.07) is 0. The Kier molecular flexibility index (Phi) is 3.19. The molecule has 1 saturated carbocycles. The molecule has 0 aliphatic heterocycles. The Morgan fingerprint density at radius 3 is 3.00 bits per heavy atom. The summed E-state index contributed by atoms with van der Waals surface area (Å²) in [5, 5.41) is 6.91. The van der Waals surface area contributed by atoms with Crippen LogP contribution in [0.25, 0.3) is 0 Å². The highest BCUT2D eigenvalue weighted by atomic mass is 32.1. The third-order valence-corrected chi connectivity index (χ3v) is 3.67. The highest BCUT2D eigenvalue weighted by Crippen LogP contribution is 2.47. The van der Waals surface area contributed by atoms with Crippen molar-refractivity contribution in [1.82, 2.24) is 10.3 Å². The van der Waals surface area contributed by atoms with Gasteiger partial charge in [-0.3, -0.25) is 0 Å². The fourth-order valence-corrected chi connectivity index (χ4v) is 2.57. The van der Waals surface area contributed by atoms with E-state index in [2.05, 4.69) is 22.6 Å². The van der Waals surface area contributed by atoms with Crippen LogP contribution in [0.2, 0.25) is 0 Å². The summed E-state index contributed by atoms with van der Waals surface area (Å²) in [5.41, 5.74) is 0.563. The zero-order chi connectivity index (χ0) is 9.86. The van der Waals surface area contributed by atoms with Crippen LogP contribution in [-0.2, 0) is 6.42 Å². The predicted octanol–water partition coefficient (Wildman–Crippen LogP) is 2.47. The Balaban J connectivity index is 1.79. The number of nitrogens with zero attached hydrogens (tertiary/aromatic N) is 1. The summed E-state index contributed by atoms with van der Waals surface area (Å²) in [5.74, 6) is 0. The summed E-state index contributed by atoms with van der Waals surface area (Å²) in [7, 11) is 0. The third kappa shape index (κ3) is 2.55. The first kappa shape index (κ1) is 10.1. The van der Waals surface area contributed by atoms with Gasteiger partial charge in [-0.25, -0.2) is 4.98 Å². The van der Waals surface area contributed by atoms with Gasteiger partial charge < -0.3 is 5.32 Å². The molecule has 0 aromatic carbocycles. The van der Waals surface area contributed by atoms with Crippen LogP contribution in [0.1, 0.15) is 31.2 Å². The maximum absolute atomic E-state index is 4.36. The molecule has 1 aliphatic carbocycles. The van der Waals surface area contributed by atoms with Crippen LogP contribution in [0.5, 0.6) is 0 Å². The molecule has 0 amide bonds. The molecule has 1 aromatic heterocycles. The fourth-order valence-electron chi connectivity index (χ4n) is 1.78. The molecule has 78 valence electrons. The Morgan fingerprint density at radius 2 is 2.43 bits per heavy atom. The number of aromatic nitrogens is 1. The van der Waals surface area contributed by atoms with E-state index in [1.807, 2.05) is 6.20 Å². The van der Waals surface area contributed by atoms with Gasteiger partial charge in [-0.1, -0.05) is 6.92 Å². The minimum absolute atomic E-state index is 0.563. The van der Waals surface area contributed by atoms with E-state index >= 15 is 0 Å². The lowest BCUT2D eigenvalue weighted by molar-refractivity contribution is 0.455. The number of thiazole rings is 1. The van der Waals surface area contributed by atoms with Crippen LogP contribution in [0.15, 0.2) is 11.6 Å². The van der Waals surface area contributed by atoms with E-state index in [0.717, 1.165) is 6.54 Å². The SMILES string of the molecule is CCCNCC1(Cc2nccs2)CC1. The summed E-state index contributed by atoms with van der Waals surface area (Å²) in [4.78, 5) is 4.36. The molecule has 0 atom stereocenters. The van der Waals surface area contributed by atoms with E-state index in [0.29, 0.717) is 5.41 Å². The van der Waals surface area contributed by atoms with Gasteiger partial charge >= 0.3 is 0 Å². The van der Waals surface area contributed by atoms with Gasteiger partial charge in [0, 0.05) is 24.5 Å². The van der Waals surface area contributed by atoms with E-state index < -0.39 is 0 Å². The van der Waals surface area contributed by atoms with Gasteiger partial charge in [0.25, 0.3) is 0 Å². The first-order valence-electron chi connectivity index (χ1n) is 5.44. The normalized spacial score (nSPS) is 18.4. The van der Waals surface area contributed by atoms with Crippen molar-refractivity contribution in [2.24, 2.45) is 5.41 Å². The number of hydrogen-bond acceptors (Lipinski definition) is 3. The van der Waals surface area contributed by atoms with E-state index in [4.69, 9.17) is 0 Å². The molecule has 1 aromatic rings. The molecular formula is C11H18N2S. The van der Waals surface area contributed by atoms with Crippen LogP contribution >= 0.6 is 11.3 Å². The highest BCUT2D eigenvalue weighted by molar-refractivity contribution is 7.09. The lowest BCUT2D eigenvalue weighted by atomic mass is 10.0. The van der Waals surface area contributed by atoms with Crippen molar-refractivity contribution in [2.45, 2.75) is 32.6 Å². The highest BCUT2D eigenvalue weighted by Gasteiger charge is 2.42.